The van der Waals surface area contributed by atoms with Crippen LogP contribution in [-0.4, -0.2) is 58.6 Å². The van der Waals surface area contributed by atoms with Gasteiger partial charge in [0.2, 0.25) is 0 Å². The molecular weight excluding hydrogens is 282 g/mol. The first kappa shape index (κ1) is 16.3. The van der Waals surface area contributed by atoms with Crippen molar-refractivity contribution in [2.75, 3.05) is 26.2 Å². The number of ether oxygens (including phenoxy) is 1. The van der Waals surface area contributed by atoms with E-state index in [4.69, 9.17) is 4.74 Å². The molecule has 6 nitrogen and oxygen atoms in total. The molecule has 1 aromatic rings. The Balaban J connectivity index is 1.90. The molecule has 2 amide bonds. The van der Waals surface area contributed by atoms with Gasteiger partial charge in [-0.25, -0.2) is 4.79 Å². The number of nitrogens with zero attached hydrogens (tertiary/aromatic N) is 3. The van der Waals surface area contributed by atoms with Crippen LogP contribution in [0.25, 0.3) is 0 Å². The predicted molar refractivity (Wildman–Crippen MR) is 82.7 cm³/mol. The molecule has 0 aromatic carbocycles. The van der Waals surface area contributed by atoms with Gasteiger partial charge in [0, 0.05) is 38.1 Å². The van der Waals surface area contributed by atoms with E-state index in [1.807, 2.05) is 33.8 Å². The lowest BCUT2D eigenvalue weighted by Crippen LogP contribution is -2.51. The molecule has 0 atom stereocenters. The number of piperazine rings is 1. The molecule has 22 heavy (non-hydrogen) atoms. The summed E-state index contributed by atoms with van der Waals surface area (Å²) in [5, 5.41) is 0. The first-order valence-electron chi connectivity index (χ1n) is 7.46. The molecule has 0 aliphatic carbocycles. The first-order chi connectivity index (χ1) is 10.3. The third-order valence-electron chi connectivity index (χ3n) is 3.38. The Morgan fingerprint density at radius 2 is 1.68 bits per heavy atom. The Kier molecular flexibility index (Phi) is 4.68. The van der Waals surface area contributed by atoms with E-state index in [1.165, 1.54) is 0 Å². The van der Waals surface area contributed by atoms with E-state index in [0.717, 1.165) is 5.69 Å². The van der Waals surface area contributed by atoms with Gasteiger partial charge < -0.3 is 14.5 Å². The summed E-state index contributed by atoms with van der Waals surface area (Å²) in [6.07, 6.45) is 1.27. The van der Waals surface area contributed by atoms with Gasteiger partial charge in [0.1, 0.15) is 5.60 Å². The standard InChI is InChI=1S/C16H23N3O3/c1-12-5-6-13(11-17-12)14(20)18-7-9-19(10-8-18)15(21)22-16(2,3)4/h5-6,11H,7-10H2,1-4H3. The van der Waals surface area contributed by atoms with Crippen LogP contribution in [0.2, 0.25) is 0 Å². The minimum absolute atomic E-state index is 0.0451. The highest BCUT2D eigenvalue weighted by atomic mass is 16.6. The van der Waals surface area contributed by atoms with Crippen LogP contribution in [0.15, 0.2) is 18.3 Å². The summed E-state index contributed by atoms with van der Waals surface area (Å²) >= 11 is 0. The lowest BCUT2D eigenvalue weighted by atomic mass is 10.2. The number of carbonyl (C=O) groups excluding carboxylic acids is 2. The van der Waals surface area contributed by atoms with Crippen molar-refractivity contribution in [3.05, 3.63) is 29.6 Å². The summed E-state index contributed by atoms with van der Waals surface area (Å²) in [6.45, 7) is 9.39. The highest BCUT2D eigenvalue weighted by molar-refractivity contribution is 5.94. The molecular formula is C16H23N3O3. The molecule has 0 unspecified atom stereocenters. The van der Waals surface area contributed by atoms with Gasteiger partial charge in [-0.3, -0.25) is 9.78 Å². The Morgan fingerprint density at radius 1 is 1.09 bits per heavy atom. The van der Waals surface area contributed by atoms with E-state index in [2.05, 4.69) is 4.98 Å². The second-order valence-corrected chi connectivity index (χ2v) is 6.45. The topological polar surface area (TPSA) is 62.7 Å². The lowest BCUT2D eigenvalue weighted by Gasteiger charge is -2.35. The first-order valence-corrected chi connectivity index (χ1v) is 7.46. The number of aryl methyl sites for hydroxylation is 1. The molecule has 120 valence electrons. The van der Waals surface area contributed by atoms with Gasteiger partial charge in [-0.05, 0) is 39.8 Å². The molecule has 1 aliphatic heterocycles. The number of pyridine rings is 1. The van der Waals surface area contributed by atoms with Crippen LogP contribution in [0.4, 0.5) is 4.79 Å². The van der Waals surface area contributed by atoms with Crippen molar-refractivity contribution in [3.8, 4) is 0 Å². The van der Waals surface area contributed by atoms with Crippen LogP contribution in [0, 0.1) is 6.92 Å². The maximum Gasteiger partial charge on any atom is 0.410 e. The van der Waals surface area contributed by atoms with Gasteiger partial charge in [-0.15, -0.1) is 0 Å². The van der Waals surface area contributed by atoms with Crippen LogP contribution in [0.1, 0.15) is 36.8 Å². The summed E-state index contributed by atoms with van der Waals surface area (Å²) < 4.78 is 5.34. The Bertz CT molecular complexity index is 541. The van der Waals surface area contributed by atoms with E-state index in [1.54, 1.807) is 22.1 Å². The highest BCUT2D eigenvalue weighted by Crippen LogP contribution is 2.13. The summed E-state index contributed by atoms with van der Waals surface area (Å²) in [4.78, 5) is 31.9. The number of hydrogen-bond donors (Lipinski definition) is 0. The number of hydrogen-bond acceptors (Lipinski definition) is 4. The van der Waals surface area contributed by atoms with Crippen molar-refractivity contribution < 1.29 is 14.3 Å². The van der Waals surface area contributed by atoms with E-state index in [9.17, 15) is 9.59 Å². The quantitative estimate of drug-likeness (QED) is 0.797. The number of rotatable bonds is 1. The van der Waals surface area contributed by atoms with Gasteiger partial charge in [-0.2, -0.15) is 0 Å². The largest absolute Gasteiger partial charge is 0.444 e. The predicted octanol–water partition coefficient (Wildman–Crippen LogP) is 2.08. The molecule has 1 saturated heterocycles. The number of aromatic nitrogens is 1. The second kappa shape index (κ2) is 6.34. The molecule has 2 heterocycles. The van der Waals surface area contributed by atoms with Gasteiger partial charge in [0.05, 0.1) is 5.56 Å². The Morgan fingerprint density at radius 3 is 2.18 bits per heavy atom. The van der Waals surface area contributed by atoms with Gasteiger partial charge in [0.15, 0.2) is 0 Å². The van der Waals surface area contributed by atoms with Crippen molar-refractivity contribution in [3.63, 3.8) is 0 Å². The minimum Gasteiger partial charge on any atom is -0.444 e. The minimum atomic E-state index is -0.502. The fourth-order valence-electron chi connectivity index (χ4n) is 2.20. The zero-order valence-corrected chi connectivity index (χ0v) is 13.6. The molecule has 0 bridgehead atoms. The molecule has 1 aliphatic rings. The molecule has 1 fully saturated rings. The third-order valence-corrected chi connectivity index (χ3v) is 3.38. The van der Waals surface area contributed by atoms with Gasteiger partial charge in [0.25, 0.3) is 5.91 Å². The second-order valence-electron chi connectivity index (χ2n) is 6.45. The van der Waals surface area contributed by atoms with E-state index in [0.29, 0.717) is 31.7 Å². The summed E-state index contributed by atoms with van der Waals surface area (Å²) in [7, 11) is 0. The van der Waals surface area contributed by atoms with Gasteiger partial charge >= 0.3 is 6.09 Å². The van der Waals surface area contributed by atoms with E-state index < -0.39 is 5.60 Å². The number of amides is 2. The molecule has 1 aromatic heterocycles. The van der Waals surface area contributed by atoms with Crippen molar-refractivity contribution in [2.45, 2.75) is 33.3 Å². The fourth-order valence-corrected chi connectivity index (χ4v) is 2.20. The van der Waals surface area contributed by atoms with E-state index in [-0.39, 0.29) is 12.0 Å². The molecule has 6 heteroatoms. The van der Waals surface area contributed by atoms with Crippen molar-refractivity contribution >= 4 is 12.0 Å². The van der Waals surface area contributed by atoms with Crippen LogP contribution in [0.5, 0.6) is 0 Å². The molecule has 0 spiro atoms. The molecule has 0 saturated carbocycles. The maximum absolute atomic E-state index is 12.4. The molecule has 0 radical (unpaired) electrons. The van der Waals surface area contributed by atoms with Crippen LogP contribution < -0.4 is 0 Å². The Labute approximate surface area is 131 Å². The monoisotopic (exact) mass is 305 g/mol. The van der Waals surface area contributed by atoms with Crippen LogP contribution >= 0.6 is 0 Å². The van der Waals surface area contributed by atoms with Crippen LogP contribution in [0.3, 0.4) is 0 Å². The van der Waals surface area contributed by atoms with E-state index >= 15 is 0 Å². The summed E-state index contributed by atoms with van der Waals surface area (Å²) in [5.41, 5.74) is 0.958. The zero-order valence-electron chi connectivity index (χ0n) is 13.6. The maximum atomic E-state index is 12.4. The van der Waals surface area contributed by atoms with Crippen LogP contribution in [-0.2, 0) is 4.74 Å². The smallest absolute Gasteiger partial charge is 0.410 e. The molecule has 2 rings (SSSR count). The SMILES string of the molecule is Cc1ccc(C(=O)N2CCN(C(=O)OC(C)(C)C)CC2)cn1. The third kappa shape index (κ3) is 4.19. The van der Waals surface area contributed by atoms with Crippen molar-refractivity contribution in [1.29, 1.82) is 0 Å². The zero-order chi connectivity index (χ0) is 16.3. The summed E-state index contributed by atoms with van der Waals surface area (Å²) in [6, 6.07) is 3.61. The summed E-state index contributed by atoms with van der Waals surface area (Å²) in [5.74, 6) is -0.0451. The Hall–Kier alpha value is -2.11. The average Bonchev–Trinajstić information content (AvgIpc) is 2.46. The van der Waals surface area contributed by atoms with Crippen molar-refractivity contribution in [1.82, 2.24) is 14.8 Å². The van der Waals surface area contributed by atoms with Crippen molar-refractivity contribution in [2.24, 2.45) is 0 Å². The number of carbonyl (C=O) groups is 2. The average molecular weight is 305 g/mol. The van der Waals surface area contributed by atoms with Gasteiger partial charge in [-0.1, -0.05) is 0 Å². The highest BCUT2D eigenvalue weighted by Gasteiger charge is 2.28. The normalized spacial score (nSPS) is 15.6. The lowest BCUT2D eigenvalue weighted by molar-refractivity contribution is 0.0141. The molecule has 0 N–H and O–H groups in total. The fraction of sp³-hybridized carbons (Fsp3) is 0.562.